The van der Waals surface area contributed by atoms with Gasteiger partial charge < -0.3 is 15.0 Å². The van der Waals surface area contributed by atoms with Gasteiger partial charge in [0, 0.05) is 18.7 Å². The number of anilines is 2. The summed E-state index contributed by atoms with van der Waals surface area (Å²) in [4.78, 5) is 23.7. The quantitative estimate of drug-likeness (QED) is 0.824. The van der Waals surface area contributed by atoms with Crippen LogP contribution in [0, 0.1) is 0 Å². The summed E-state index contributed by atoms with van der Waals surface area (Å²) in [6.45, 7) is 7.08. The highest BCUT2D eigenvalue weighted by atomic mass is 16.5. The first-order valence-electron chi connectivity index (χ1n) is 9.74. The van der Waals surface area contributed by atoms with Crippen LogP contribution in [0.5, 0.6) is 5.75 Å². The fourth-order valence-corrected chi connectivity index (χ4v) is 3.47. The lowest BCUT2D eigenvalue weighted by atomic mass is 10.00. The van der Waals surface area contributed by atoms with Crippen LogP contribution >= 0.6 is 0 Å². The Kier molecular flexibility index (Phi) is 6.27. The Balaban J connectivity index is 1.78. The maximum atomic E-state index is 12.8. The molecule has 1 aliphatic heterocycles. The number of nitrogens with zero attached hydrogens (tertiary/aromatic N) is 3. The average Bonchev–Trinajstić information content (AvgIpc) is 2.69. The van der Waals surface area contributed by atoms with Crippen molar-refractivity contribution in [3.05, 3.63) is 42.4 Å². The molecule has 0 spiro atoms. The molecule has 27 heavy (non-hydrogen) atoms. The maximum absolute atomic E-state index is 12.8. The first-order valence-corrected chi connectivity index (χ1v) is 9.74. The van der Waals surface area contributed by atoms with Gasteiger partial charge in [-0.1, -0.05) is 19.1 Å². The van der Waals surface area contributed by atoms with E-state index < -0.39 is 0 Å². The van der Waals surface area contributed by atoms with Gasteiger partial charge in [0.15, 0.2) is 0 Å². The van der Waals surface area contributed by atoms with E-state index in [0.29, 0.717) is 23.2 Å². The highest BCUT2D eigenvalue weighted by Gasteiger charge is 2.23. The van der Waals surface area contributed by atoms with Crippen LogP contribution < -0.4 is 15.0 Å². The van der Waals surface area contributed by atoms with Gasteiger partial charge in [0.2, 0.25) is 0 Å². The van der Waals surface area contributed by atoms with Crippen LogP contribution in [-0.4, -0.2) is 34.6 Å². The molecule has 1 fully saturated rings. The number of hydrogen-bond acceptors (Lipinski definition) is 5. The lowest BCUT2D eigenvalue weighted by Gasteiger charge is -2.36. The molecule has 0 aliphatic carbocycles. The normalized spacial score (nSPS) is 17.0. The number of rotatable bonds is 6. The molecule has 0 radical (unpaired) electrons. The molecular weight excluding hydrogens is 340 g/mol. The Morgan fingerprint density at radius 2 is 2.11 bits per heavy atom. The molecule has 1 aromatic carbocycles. The fraction of sp³-hybridized carbons (Fsp3) is 0.476. The van der Waals surface area contributed by atoms with Gasteiger partial charge in [-0.15, -0.1) is 0 Å². The minimum absolute atomic E-state index is 0.0267. The number of para-hydroxylation sites is 2. The third-order valence-corrected chi connectivity index (χ3v) is 4.78. The fourth-order valence-electron chi connectivity index (χ4n) is 3.47. The van der Waals surface area contributed by atoms with Crippen molar-refractivity contribution >= 4 is 17.4 Å². The molecule has 1 aliphatic rings. The van der Waals surface area contributed by atoms with Gasteiger partial charge in [-0.05, 0) is 51.7 Å². The van der Waals surface area contributed by atoms with E-state index in [9.17, 15) is 4.79 Å². The molecule has 1 atom stereocenters. The lowest BCUT2D eigenvalue weighted by Crippen LogP contribution is -2.39. The van der Waals surface area contributed by atoms with Gasteiger partial charge in [-0.2, -0.15) is 0 Å². The van der Waals surface area contributed by atoms with Gasteiger partial charge in [0.1, 0.15) is 23.6 Å². The smallest absolute Gasteiger partial charge is 0.274 e. The highest BCUT2D eigenvalue weighted by molar-refractivity contribution is 6.04. The molecule has 0 saturated carbocycles. The Morgan fingerprint density at radius 3 is 2.89 bits per heavy atom. The molecule has 1 unspecified atom stereocenters. The summed E-state index contributed by atoms with van der Waals surface area (Å²) in [6.07, 6.45) is 6.15. The SMILES string of the molecule is CCC1CCCCN1c1cc(C(=O)Nc2ccccc2OC(C)C)ncn1. The number of aromatic nitrogens is 2. The van der Waals surface area contributed by atoms with Crippen molar-refractivity contribution in [3.63, 3.8) is 0 Å². The maximum Gasteiger partial charge on any atom is 0.274 e. The molecule has 2 aromatic rings. The summed E-state index contributed by atoms with van der Waals surface area (Å²) in [6, 6.07) is 9.70. The Bertz CT molecular complexity index is 778. The molecule has 1 amide bonds. The zero-order chi connectivity index (χ0) is 19.2. The second-order valence-corrected chi connectivity index (χ2v) is 7.13. The van der Waals surface area contributed by atoms with Gasteiger partial charge in [-0.3, -0.25) is 4.79 Å². The van der Waals surface area contributed by atoms with Gasteiger partial charge in [0.05, 0.1) is 11.8 Å². The number of nitrogens with one attached hydrogen (secondary N) is 1. The van der Waals surface area contributed by atoms with E-state index in [4.69, 9.17) is 4.74 Å². The van der Waals surface area contributed by atoms with Crippen LogP contribution in [0.15, 0.2) is 36.7 Å². The second kappa shape index (κ2) is 8.84. The van der Waals surface area contributed by atoms with Crippen LogP contribution in [0.3, 0.4) is 0 Å². The number of benzene rings is 1. The number of carbonyl (C=O) groups excluding carboxylic acids is 1. The molecule has 1 N–H and O–H groups in total. The monoisotopic (exact) mass is 368 g/mol. The topological polar surface area (TPSA) is 67.4 Å². The lowest BCUT2D eigenvalue weighted by molar-refractivity contribution is 0.102. The van der Waals surface area contributed by atoms with Crippen molar-refractivity contribution in [1.82, 2.24) is 9.97 Å². The Morgan fingerprint density at radius 1 is 1.30 bits per heavy atom. The second-order valence-electron chi connectivity index (χ2n) is 7.13. The largest absolute Gasteiger partial charge is 0.489 e. The van der Waals surface area contributed by atoms with Crippen LogP contribution in [0.2, 0.25) is 0 Å². The van der Waals surface area contributed by atoms with Crippen molar-refractivity contribution in [1.29, 1.82) is 0 Å². The standard InChI is InChI=1S/C21H28N4O2/c1-4-16-9-7-8-12-25(16)20-13-18(22-14-23-20)21(26)24-17-10-5-6-11-19(17)27-15(2)3/h5-6,10-11,13-16H,4,7-9,12H2,1-3H3,(H,24,26). The summed E-state index contributed by atoms with van der Waals surface area (Å²) in [5.41, 5.74) is 1.00. The van der Waals surface area contributed by atoms with E-state index in [-0.39, 0.29) is 12.0 Å². The number of ether oxygens (including phenoxy) is 1. The summed E-state index contributed by atoms with van der Waals surface area (Å²) >= 11 is 0. The molecular formula is C21H28N4O2. The summed E-state index contributed by atoms with van der Waals surface area (Å²) in [5.74, 6) is 1.22. The summed E-state index contributed by atoms with van der Waals surface area (Å²) < 4.78 is 5.77. The van der Waals surface area contributed by atoms with E-state index in [1.807, 2.05) is 38.1 Å². The predicted molar refractivity (Wildman–Crippen MR) is 107 cm³/mol. The molecule has 1 aromatic heterocycles. The van der Waals surface area contributed by atoms with E-state index >= 15 is 0 Å². The molecule has 6 heteroatoms. The third-order valence-electron chi connectivity index (χ3n) is 4.78. The van der Waals surface area contributed by atoms with Crippen LogP contribution in [0.25, 0.3) is 0 Å². The van der Waals surface area contributed by atoms with E-state index in [1.54, 1.807) is 6.07 Å². The highest BCUT2D eigenvalue weighted by Crippen LogP contribution is 2.27. The van der Waals surface area contributed by atoms with E-state index in [2.05, 4.69) is 27.1 Å². The van der Waals surface area contributed by atoms with E-state index in [1.165, 1.54) is 19.2 Å². The van der Waals surface area contributed by atoms with Crippen molar-refractivity contribution < 1.29 is 9.53 Å². The number of hydrogen-bond donors (Lipinski definition) is 1. The predicted octanol–water partition coefficient (Wildman–Crippen LogP) is 4.29. The molecule has 1 saturated heterocycles. The minimum Gasteiger partial charge on any atom is -0.489 e. The molecule has 144 valence electrons. The Hall–Kier alpha value is -2.63. The minimum atomic E-state index is -0.261. The average molecular weight is 368 g/mol. The summed E-state index contributed by atoms with van der Waals surface area (Å²) in [7, 11) is 0. The Labute approximate surface area is 161 Å². The zero-order valence-electron chi connectivity index (χ0n) is 16.3. The van der Waals surface area contributed by atoms with Crippen molar-refractivity contribution in [2.75, 3.05) is 16.8 Å². The van der Waals surface area contributed by atoms with Crippen molar-refractivity contribution in [3.8, 4) is 5.75 Å². The molecule has 0 bridgehead atoms. The molecule has 2 heterocycles. The number of piperidine rings is 1. The van der Waals surface area contributed by atoms with Gasteiger partial charge in [-0.25, -0.2) is 9.97 Å². The van der Waals surface area contributed by atoms with Crippen molar-refractivity contribution in [2.24, 2.45) is 0 Å². The van der Waals surface area contributed by atoms with Gasteiger partial charge in [0.25, 0.3) is 5.91 Å². The van der Waals surface area contributed by atoms with Gasteiger partial charge >= 0.3 is 0 Å². The van der Waals surface area contributed by atoms with Crippen LogP contribution in [-0.2, 0) is 0 Å². The van der Waals surface area contributed by atoms with E-state index in [0.717, 1.165) is 25.2 Å². The molecule has 3 rings (SSSR count). The number of carbonyl (C=O) groups is 1. The first kappa shape index (κ1) is 19.1. The number of amides is 1. The van der Waals surface area contributed by atoms with Crippen LogP contribution in [0.4, 0.5) is 11.5 Å². The third kappa shape index (κ3) is 4.76. The zero-order valence-corrected chi connectivity index (χ0v) is 16.3. The summed E-state index contributed by atoms with van der Waals surface area (Å²) in [5, 5.41) is 2.91. The molecule has 6 nitrogen and oxygen atoms in total. The first-order chi connectivity index (χ1) is 13.1. The van der Waals surface area contributed by atoms with Crippen LogP contribution in [0.1, 0.15) is 56.9 Å². The van der Waals surface area contributed by atoms with Crippen molar-refractivity contribution in [2.45, 2.75) is 58.6 Å².